The molecule has 3 atom stereocenters. The van der Waals surface area contributed by atoms with E-state index in [2.05, 4.69) is 30.1 Å². The van der Waals surface area contributed by atoms with Crippen LogP contribution in [0.1, 0.15) is 42.4 Å². The van der Waals surface area contributed by atoms with Crippen LogP contribution in [0.25, 0.3) is 0 Å². The van der Waals surface area contributed by atoms with Gasteiger partial charge in [0.15, 0.2) is 0 Å². The van der Waals surface area contributed by atoms with E-state index in [1.54, 1.807) is 0 Å². The van der Waals surface area contributed by atoms with Gasteiger partial charge in [0.05, 0.1) is 0 Å². The van der Waals surface area contributed by atoms with Crippen molar-refractivity contribution in [2.24, 2.45) is 5.92 Å². The normalized spacial score (nSPS) is 34.0. The molecule has 2 fully saturated rings. The molecule has 0 spiro atoms. The van der Waals surface area contributed by atoms with E-state index >= 15 is 0 Å². The van der Waals surface area contributed by atoms with Gasteiger partial charge in [0.2, 0.25) is 0 Å². The van der Waals surface area contributed by atoms with Gasteiger partial charge in [-0.05, 0) is 54.8 Å². The smallest absolute Gasteiger partial charge is 0.133 e. The van der Waals surface area contributed by atoms with Crippen LogP contribution in [0, 0.1) is 5.92 Å². The van der Waals surface area contributed by atoms with Crippen molar-refractivity contribution in [1.82, 2.24) is 5.32 Å². The molecule has 1 N–H and O–H groups in total. The fourth-order valence-electron chi connectivity index (χ4n) is 5.20. The Bertz CT molecular complexity index is 606. The van der Waals surface area contributed by atoms with Gasteiger partial charge in [-0.25, -0.2) is 0 Å². The minimum absolute atomic E-state index is 0.121. The molecule has 1 aromatic carbocycles. The molecule has 1 aliphatic heterocycles. The Morgan fingerprint density at radius 2 is 2.33 bits per heavy atom. The van der Waals surface area contributed by atoms with Crippen LogP contribution in [0.15, 0.2) is 30.9 Å². The van der Waals surface area contributed by atoms with Crippen molar-refractivity contribution in [1.29, 1.82) is 0 Å². The van der Waals surface area contributed by atoms with Crippen molar-refractivity contribution in [3.8, 4) is 0 Å². The average molecular weight is 281 g/mol. The lowest BCUT2D eigenvalue weighted by Gasteiger charge is -2.55. The molecule has 2 nitrogen and oxygen atoms in total. The van der Waals surface area contributed by atoms with Crippen LogP contribution in [0.4, 0.5) is 0 Å². The summed E-state index contributed by atoms with van der Waals surface area (Å²) in [5, 5.41) is 3.73. The zero-order valence-corrected chi connectivity index (χ0v) is 12.5. The quantitative estimate of drug-likeness (QED) is 0.845. The monoisotopic (exact) mass is 281 g/mol. The van der Waals surface area contributed by atoms with Crippen molar-refractivity contribution >= 4 is 5.78 Å². The third-order valence-corrected chi connectivity index (χ3v) is 6.02. The molecule has 0 aromatic heterocycles. The molecule has 110 valence electrons. The van der Waals surface area contributed by atoms with E-state index in [9.17, 15) is 4.79 Å². The summed E-state index contributed by atoms with van der Waals surface area (Å²) in [4.78, 5) is 12.2. The van der Waals surface area contributed by atoms with Gasteiger partial charge in [0.1, 0.15) is 5.78 Å². The lowest BCUT2D eigenvalue weighted by Crippen LogP contribution is -2.60. The van der Waals surface area contributed by atoms with E-state index in [1.807, 2.05) is 6.08 Å². The first-order valence-electron chi connectivity index (χ1n) is 8.22. The Labute approximate surface area is 126 Å². The van der Waals surface area contributed by atoms with Crippen molar-refractivity contribution < 1.29 is 4.79 Å². The molecule has 0 unspecified atom stereocenters. The SMILES string of the molecule is C=CCc1cccc2c1C[C@H]1NCC[C@@]23CC(=O)CC[C@@H]13. The van der Waals surface area contributed by atoms with E-state index < -0.39 is 0 Å². The molecule has 2 aliphatic carbocycles. The lowest BCUT2D eigenvalue weighted by molar-refractivity contribution is -0.125. The minimum Gasteiger partial charge on any atom is -0.313 e. The maximum absolute atomic E-state index is 12.2. The van der Waals surface area contributed by atoms with E-state index in [0.717, 1.165) is 45.1 Å². The van der Waals surface area contributed by atoms with Gasteiger partial charge in [-0.15, -0.1) is 6.58 Å². The van der Waals surface area contributed by atoms with Crippen LogP contribution >= 0.6 is 0 Å². The second-order valence-electron chi connectivity index (χ2n) is 6.97. The summed E-state index contributed by atoms with van der Waals surface area (Å²) >= 11 is 0. The number of carbonyl (C=O) groups excluding carboxylic acids is 1. The van der Waals surface area contributed by atoms with Crippen molar-refractivity contribution in [2.75, 3.05) is 6.54 Å². The fourth-order valence-corrected chi connectivity index (χ4v) is 5.20. The van der Waals surface area contributed by atoms with Crippen LogP contribution in [0.2, 0.25) is 0 Å². The van der Waals surface area contributed by atoms with E-state index in [4.69, 9.17) is 0 Å². The van der Waals surface area contributed by atoms with E-state index in [-0.39, 0.29) is 5.41 Å². The molecule has 1 aromatic rings. The summed E-state index contributed by atoms with van der Waals surface area (Å²) in [6, 6.07) is 7.28. The number of nitrogens with one attached hydrogen (secondary N) is 1. The van der Waals surface area contributed by atoms with Crippen LogP contribution in [0.5, 0.6) is 0 Å². The van der Waals surface area contributed by atoms with Gasteiger partial charge in [0, 0.05) is 24.3 Å². The lowest BCUT2D eigenvalue weighted by atomic mass is 9.52. The molecule has 1 heterocycles. The second-order valence-corrected chi connectivity index (χ2v) is 6.97. The number of allylic oxidation sites excluding steroid dienone is 1. The molecule has 2 bridgehead atoms. The molecule has 0 radical (unpaired) electrons. The number of carbonyl (C=O) groups is 1. The predicted molar refractivity (Wildman–Crippen MR) is 84.5 cm³/mol. The minimum atomic E-state index is 0.121. The first-order valence-corrected chi connectivity index (χ1v) is 8.22. The maximum Gasteiger partial charge on any atom is 0.133 e. The Morgan fingerprint density at radius 1 is 1.43 bits per heavy atom. The zero-order chi connectivity index (χ0) is 14.4. The molecule has 4 rings (SSSR count). The summed E-state index contributed by atoms with van der Waals surface area (Å²) in [6.07, 6.45) is 7.79. The summed E-state index contributed by atoms with van der Waals surface area (Å²) in [6.45, 7) is 4.95. The highest BCUT2D eigenvalue weighted by molar-refractivity contribution is 5.81. The first kappa shape index (κ1) is 13.3. The van der Waals surface area contributed by atoms with Crippen LogP contribution in [-0.4, -0.2) is 18.4 Å². The number of Topliss-reactive ketones (excluding diaryl/α,β-unsaturated/α-hetero) is 1. The Hall–Kier alpha value is -1.41. The predicted octanol–water partition coefficient (Wildman–Crippen LogP) is 2.94. The Balaban J connectivity index is 1.89. The zero-order valence-electron chi connectivity index (χ0n) is 12.5. The van der Waals surface area contributed by atoms with Gasteiger partial charge < -0.3 is 5.32 Å². The number of fused-ring (bicyclic) bond motifs is 1. The summed E-state index contributed by atoms with van der Waals surface area (Å²) < 4.78 is 0. The largest absolute Gasteiger partial charge is 0.313 e. The van der Waals surface area contributed by atoms with Crippen molar-refractivity contribution in [2.45, 2.75) is 50.0 Å². The number of ketones is 1. The molecular formula is C19H23NO. The van der Waals surface area contributed by atoms with Crippen molar-refractivity contribution in [3.63, 3.8) is 0 Å². The Morgan fingerprint density at radius 3 is 3.19 bits per heavy atom. The third-order valence-electron chi connectivity index (χ3n) is 6.02. The van der Waals surface area contributed by atoms with Gasteiger partial charge in [-0.1, -0.05) is 24.3 Å². The first-order chi connectivity index (χ1) is 10.2. The molecule has 2 heteroatoms. The highest BCUT2D eigenvalue weighted by Gasteiger charge is 2.53. The second kappa shape index (κ2) is 4.81. The Kier molecular flexibility index (Phi) is 3.04. The molecule has 1 saturated heterocycles. The van der Waals surface area contributed by atoms with E-state index in [1.165, 1.54) is 16.7 Å². The van der Waals surface area contributed by atoms with Crippen LogP contribution in [0.3, 0.4) is 0 Å². The molecule has 1 saturated carbocycles. The number of piperidine rings is 1. The summed E-state index contributed by atoms with van der Waals surface area (Å²) in [5.74, 6) is 1.12. The summed E-state index contributed by atoms with van der Waals surface area (Å²) in [5.41, 5.74) is 4.51. The molecular weight excluding hydrogens is 258 g/mol. The van der Waals surface area contributed by atoms with Gasteiger partial charge in [-0.3, -0.25) is 4.79 Å². The summed E-state index contributed by atoms with van der Waals surface area (Å²) in [7, 11) is 0. The average Bonchev–Trinajstić information content (AvgIpc) is 2.48. The van der Waals surface area contributed by atoms with E-state index in [0.29, 0.717) is 17.7 Å². The van der Waals surface area contributed by atoms with Crippen LogP contribution < -0.4 is 5.32 Å². The number of rotatable bonds is 2. The highest BCUT2D eigenvalue weighted by atomic mass is 16.1. The highest BCUT2D eigenvalue weighted by Crippen LogP contribution is 2.53. The fraction of sp³-hybridized carbons (Fsp3) is 0.526. The van der Waals surface area contributed by atoms with Gasteiger partial charge in [-0.2, -0.15) is 0 Å². The van der Waals surface area contributed by atoms with Gasteiger partial charge >= 0.3 is 0 Å². The number of hydrogen-bond acceptors (Lipinski definition) is 2. The standard InChI is InChI=1S/C19H23NO/c1-2-4-13-5-3-6-16-15(13)11-18-17-8-7-14(21)12-19(16,17)9-10-20-18/h2-3,5-6,17-18,20H,1,4,7-12H2/t17-,18+,19+/m0/s1. The number of hydrogen-bond donors (Lipinski definition) is 1. The number of benzene rings is 1. The third kappa shape index (κ3) is 1.85. The van der Waals surface area contributed by atoms with Crippen molar-refractivity contribution in [3.05, 3.63) is 47.5 Å². The topological polar surface area (TPSA) is 29.1 Å². The van der Waals surface area contributed by atoms with Crippen LogP contribution in [-0.2, 0) is 23.1 Å². The molecule has 3 aliphatic rings. The molecule has 21 heavy (non-hydrogen) atoms. The maximum atomic E-state index is 12.2. The van der Waals surface area contributed by atoms with Gasteiger partial charge in [0.25, 0.3) is 0 Å². The molecule has 0 amide bonds.